The largest absolute Gasteiger partial charge is 0.381 e. The topological polar surface area (TPSA) is 96.1 Å². The van der Waals surface area contributed by atoms with E-state index in [1.165, 1.54) is 0 Å². The van der Waals surface area contributed by atoms with Crippen LogP contribution in [0.4, 0.5) is 0 Å². The Morgan fingerprint density at radius 1 is 1.55 bits per heavy atom. The van der Waals surface area contributed by atoms with E-state index >= 15 is 0 Å². The van der Waals surface area contributed by atoms with Gasteiger partial charge in [-0.3, -0.25) is 5.10 Å². The first kappa shape index (κ1) is 15.4. The van der Waals surface area contributed by atoms with Crippen LogP contribution in [0.25, 0.3) is 0 Å². The highest BCUT2D eigenvalue weighted by Crippen LogP contribution is 2.20. The standard InChI is InChI=1S/C12H22N4O3S/c1-8(10-4-5-19-7-10)16-20(17,18)12-11(6-13-3)9(2)14-15-12/h8,10,13,16H,4-7H2,1-3H3,(H,14,15). The zero-order valence-electron chi connectivity index (χ0n) is 12.1. The summed E-state index contributed by atoms with van der Waals surface area (Å²) in [7, 11) is -1.84. The maximum atomic E-state index is 12.4. The number of aromatic amines is 1. The second-order valence-electron chi connectivity index (χ2n) is 5.20. The molecule has 0 radical (unpaired) electrons. The molecule has 0 saturated carbocycles. The fraction of sp³-hybridized carbons (Fsp3) is 0.750. The van der Waals surface area contributed by atoms with Crippen molar-refractivity contribution in [3.05, 3.63) is 11.3 Å². The first-order valence-electron chi connectivity index (χ1n) is 6.74. The van der Waals surface area contributed by atoms with Gasteiger partial charge in [-0.1, -0.05) is 0 Å². The first-order chi connectivity index (χ1) is 9.45. The number of hydrogen-bond acceptors (Lipinski definition) is 5. The second-order valence-corrected chi connectivity index (χ2v) is 6.83. The Balaban J connectivity index is 2.17. The summed E-state index contributed by atoms with van der Waals surface area (Å²) >= 11 is 0. The molecule has 1 aromatic rings. The average Bonchev–Trinajstić information content (AvgIpc) is 3.00. The molecule has 2 atom stereocenters. The summed E-state index contributed by atoms with van der Waals surface area (Å²) < 4.78 is 32.9. The molecule has 2 unspecified atom stereocenters. The number of nitrogens with one attached hydrogen (secondary N) is 3. The molecule has 0 aromatic carbocycles. The summed E-state index contributed by atoms with van der Waals surface area (Å²) in [4.78, 5) is 0. The lowest BCUT2D eigenvalue weighted by Crippen LogP contribution is -2.39. The predicted molar refractivity (Wildman–Crippen MR) is 74.8 cm³/mol. The zero-order chi connectivity index (χ0) is 14.8. The van der Waals surface area contributed by atoms with Gasteiger partial charge in [-0.2, -0.15) is 5.10 Å². The third-order valence-electron chi connectivity index (χ3n) is 3.66. The summed E-state index contributed by atoms with van der Waals surface area (Å²) in [5, 5.41) is 9.71. The van der Waals surface area contributed by atoms with E-state index < -0.39 is 10.0 Å². The molecule has 1 aliphatic rings. The van der Waals surface area contributed by atoms with Gasteiger partial charge in [0.1, 0.15) is 0 Å². The fourth-order valence-corrected chi connectivity index (χ4v) is 3.89. The van der Waals surface area contributed by atoms with Crippen LogP contribution in [0.5, 0.6) is 0 Å². The Kier molecular flexibility index (Phi) is 4.79. The fourth-order valence-electron chi connectivity index (χ4n) is 2.38. The van der Waals surface area contributed by atoms with Crippen molar-refractivity contribution in [2.75, 3.05) is 20.3 Å². The Labute approximate surface area is 119 Å². The zero-order valence-corrected chi connectivity index (χ0v) is 12.9. The van der Waals surface area contributed by atoms with Crippen LogP contribution in [0.3, 0.4) is 0 Å². The van der Waals surface area contributed by atoms with E-state index in [4.69, 9.17) is 4.74 Å². The van der Waals surface area contributed by atoms with Gasteiger partial charge < -0.3 is 10.1 Å². The van der Waals surface area contributed by atoms with Crippen LogP contribution in [0.15, 0.2) is 5.03 Å². The van der Waals surface area contributed by atoms with Gasteiger partial charge in [-0.15, -0.1) is 0 Å². The lowest BCUT2D eigenvalue weighted by Gasteiger charge is -2.18. The van der Waals surface area contributed by atoms with Gasteiger partial charge in [0.05, 0.1) is 6.61 Å². The van der Waals surface area contributed by atoms with E-state index in [-0.39, 0.29) is 17.0 Å². The van der Waals surface area contributed by atoms with Crippen LogP contribution >= 0.6 is 0 Å². The molecular weight excluding hydrogens is 280 g/mol. The number of aryl methyl sites for hydroxylation is 1. The first-order valence-corrected chi connectivity index (χ1v) is 8.22. The quantitative estimate of drug-likeness (QED) is 0.695. The number of hydrogen-bond donors (Lipinski definition) is 3. The minimum absolute atomic E-state index is 0.0788. The minimum Gasteiger partial charge on any atom is -0.381 e. The highest BCUT2D eigenvalue weighted by Gasteiger charge is 2.29. The number of ether oxygens (including phenoxy) is 1. The summed E-state index contributed by atoms with van der Waals surface area (Å²) in [5.41, 5.74) is 1.44. The summed E-state index contributed by atoms with van der Waals surface area (Å²) in [6.07, 6.45) is 0.882. The van der Waals surface area contributed by atoms with Gasteiger partial charge in [-0.25, -0.2) is 13.1 Å². The van der Waals surface area contributed by atoms with Gasteiger partial charge in [0, 0.05) is 36.4 Å². The van der Waals surface area contributed by atoms with Crippen LogP contribution in [0.2, 0.25) is 0 Å². The van der Waals surface area contributed by atoms with Gasteiger partial charge in [-0.05, 0) is 27.3 Å². The maximum Gasteiger partial charge on any atom is 0.260 e. The van der Waals surface area contributed by atoms with Gasteiger partial charge >= 0.3 is 0 Å². The van der Waals surface area contributed by atoms with E-state index in [0.29, 0.717) is 25.3 Å². The molecule has 2 rings (SSSR count). The van der Waals surface area contributed by atoms with Crippen LogP contribution in [-0.4, -0.2) is 44.9 Å². The van der Waals surface area contributed by atoms with Crippen LogP contribution in [0, 0.1) is 12.8 Å². The molecule has 3 N–H and O–H groups in total. The van der Waals surface area contributed by atoms with Gasteiger partial charge in [0.15, 0.2) is 5.03 Å². The normalized spacial score (nSPS) is 21.2. The van der Waals surface area contributed by atoms with Gasteiger partial charge in [0.25, 0.3) is 10.0 Å². The smallest absolute Gasteiger partial charge is 0.260 e. The highest BCUT2D eigenvalue weighted by atomic mass is 32.2. The molecule has 1 aliphatic heterocycles. The lowest BCUT2D eigenvalue weighted by molar-refractivity contribution is 0.180. The number of sulfonamides is 1. The second kappa shape index (κ2) is 6.21. The molecule has 0 aliphatic carbocycles. The molecule has 1 saturated heterocycles. The van der Waals surface area contributed by atoms with Crippen molar-refractivity contribution in [3.8, 4) is 0 Å². The third kappa shape index (κ3) is 3.20. The molecule has 1 fully saturated rings. The average molecular weight is 302 g/mol. The van der Waals surface area contributed by atoms with Crippen LogP contribution in [-0.2, 0) is 21.3 Å². The molecule has 1 aromatic heterocycles. The van der Waals surface area contributed by atoms with Crippen molar-refractivity contribution >= 4 is 10.0 Å². The molecule has 20 heavy (non-hydrogen) atoms. The molecular formula is C12H22N4O3S. The lowest BCUT2D eigenvalue weighted by atomic mass is 10.0. The van der Waals surface area contributed by atoms with Crippen molar-refractivity contribution < 1.29 is 13.2 Å². The minimum atomic E-state index is -3.62. The van der Waals surface area contributed by atoms with Crippen LogP contribution in [0.1, 0.15) is 24.6 Å². The van der Waals surface area contributed by atoms with Crippen molar-refractivity contribution in [2.24, 2.45) is 5.92 Å². The Hall–Kier alpha value is -0.960. The number of aromatic nitrogens is 2. The molecule has 7 nitrogen and oxygen atoms in total. The van der Waals surface area contributed by atoms with E-state index in [0.717, 1.165) is 12.1 Å². The van der Waals surface area contributed by atoms with E-state index in [2.05, 4.69) is 20.2 Å². The SMILES string of the molecule is CNCc1c(S(=O)(=O)NC(C)C2CCOC2)n[nH]c1C. The molecule has 0 amide bonds. The number of rotatable bonds is 6. The van der Waals surface area contributed by atoms with Crippen molar-refractivity contribution in [1.82, 2.24) is 20.2 Å². The summed E-state index contributed by atoms with van der Waals surface area (Å²) in [5.74, 6) is 0.220. The van der Waals surface area contributed by atoms with E-state index in [9.17, 15) is 8.42 Å². The number of H-pyrrole nitrogens is 1. The Morgan fingerprint density at radius 2 is 2.30 bits per heavy atom. The maximum absolute atomic E-state index is 12.4. The monoisotopic (exact) mass is 302 g/mol. The summed E-state index contributed by atoms with van der Waals surface area (Å²) in [6, 6.07) is -0.165. The third-order valence-corrected chi connectivity index (χ3v) is 5.19. The molecule has 114 valence electrons. The van der Waals surface area contributed by atoms with Crippen molar-refractivity contribution in [3.63, 3.8) is 0 Å². The van der Waals surface area contributed by atoms with Gasteiger partial charge in [0.2, 0.25) is 0 Å². The highest BCUT2D eigenvalue weighted by molar-refractivity contribution is 7.89. The molecule has 0 bridgehead atoms. The molecule has 2 heterocycles. The molecule has 8 heteroatoms. The predicted octanol–water partition coefficient (Wildman–Crippen LogP) is 0.141. The van der Waals surface area contributed by atoms with E-state index in [1.54, 1.807) is 7.05 Å². The number of nitrogens with zero attached hydrogens (tertiary/aromatic N) is 1. The Morgan fingerprint density at radius 3 is 2.90 bits per heavy atom. The van der Waals surface area contributed by atoms with E-state index in [1.807, 2.05) is 13.8 Å². The Bertz CT molecular complexity index is 549. The molecule has 0 spiro atoms. The summed E-state index contributed by atoms with van der Waals surface area (Å²) in [6.45, 7) is 5.44. The van der Waals surface area contributed by atoms with Crippen LogP contribution < -0.4 is 10.0 Å². The van der Waals surface area contributed by atoms with Crippen molar-refractivity contribution in [1.29, 1.82) is 0 Å². The van der Waals surface area contributed by atoms with Crippen molar-refractivity contribution in [2.45, 2.75) is 37.9 Å².